The Morgan fingerprint density at radius 3 is 2.45 bits per heavy atom. The summed E-state index contributed by atoms with van der Waals surface area (Å²) in [6.45, 7) is 3.58. The Bertz CT molecular complexity index is 1200. The van der Waals surface area contributed by atoms with Crippen molar-refractivity contribution in [3.8, 4) is 11.5 Å². The van der Waals surface area contributed by atoms with E-state index in [9.17, 15) is 9.59 Å². The summed E-state index contributed by atoms with van der Waals surface area (Å²) in [5, 5.41) is 4.48. The van der Waals surface area contributed by atoms with Crippen LogP contribution in [0.4, 0.5) is 0 Å². The van der Waals surface area contributed by atoms with E-state index in [0.29, 0.717) is 21.5 Å². The van der Waals surface area contributed by atoms with Gasteiger partial charge in [-0.2, -0.15) is 0 Å². The fraction of sp³-hybridized carbons (Fsp3) is 0.174. The van der Waals surface area contributed by atoms with Crippen LogP contribution in [0.3, 0.4) is 0 Å². The second kappa shape index (κ2) is 11.4. The molecule has 172 valence electrons. The fourth-order valence-electron chi connectivity index (χ4n) is 2.83. The first kappa shape index (κ1) is 24.9. The number of ether oxygens (including phenoxy) is 2. The molecule has 7 nitrogen and oxygen atoms in total. The van der Waals surface area contributed by atoms with E-state index in [-0.39, 0.29) is 17.8 Å². The Morgan fingerprint density at radius 2 is 1.73 bits per heavy atom. The lowest BCUT2D eigenvalue weighted by Gasteiger charge is -2.14. The lowest BCUT2D eigenvalue weighted by molar-refractivity contribution is -0.123. The minimum atomic E-state index is -0.468. The van der Waals surface area contributed by atoms with Crippen LogP contribution in [0, 0.1) is 0 Å². The Labute approximate surface area is 213 Å². The van der Waals surface area contributed by atoms with Gasteiger partial charge in [-0.25, -0.2) is 0 Å². The summed E-state index contributed by atoms with van der Waals surface area (Å²) in [5.41, 5.74) is 5.25. The van der Waals surface area contributed by atoms with Crippen molar-refractivity contribution in [1.82, 2.24) is 16.2 Å². The number of benzene rings is 3. The third-order valence-electron chi connectivity index (χ3n) is 4.29. The van der Waals surface area contributed by atoms with Crippen LogP contribution in [0.25, 0.3) is 10.8 Å². The number of rotatable bonds is 6. The van der Waals surface area contributed by atoms with Crippen LogP contribution in [0.5, 0.6) is 11.5 Å². The Balaban J connectivity index is 1.47. The number of hydrogen-bond donors (Lipinski definition) is 3. The second-order valence-corrected chi connectivity index (χ2v) is 9.21. The third kappa shape index (κ3) is 6.89. The van der Waals surface area contributed by atoms with Crippen molar-refractivity contribution in [2.75, 3.05) is 6.61 Å². The van der Waals surface area contributed by atoms with Gasteiger partial charge < -0.3 is 9.47 Å². The van der Waals surface area contributed by atoms with Gasteiger partial charge in [0.25, 0.3) is 11.8 Å². The number of carbonyl (C=O) groups excluding carboxylic acids is 2. The third-order valence-corrected chi connectivity index (χ3v) is 5.93. The van der Waals surface area contributed by atoms with Crippen LogP contribution in [0.2, 0.25) is 0 Å². The van der Waals surface area contributed by atoms with Crippen molar-refractivity contribution < 1.29 is 19.1 Å². The van der Waals surface area contributed by atoms with Gasteiger partial charge in [0.05, 0.1) is 15.0 Å². The van der Waals surface area contributed by atoms with Crippen LogP contribution in [0.15, 0.2) is 63.5 Å². The van der Waals surface area contributed by atoms with Gasteiger partial charge in [-0.1, -0.05) is 30.3 Å². The molecule has 33 heavy (non-hydrogen) atoms. The van der Waals surface area contributed by atoms with Crippen molar-refractivity contribution in [2.45, 2.75) is 20.0 Å². The lowest BCUT2D eigenvalue weighted by atomic mass is 10.1. The van der Waals surface area contributed by atoms with Crippen LogP contribution in [0.1, 0.15) is 24.2 Å². The maximum atomic E-state index is 12.4. The van der Waals surface area contributed by atoms with Gasteiger partial charge >= 0.3 is 0 Å². The topological polar surface area (TPSA) is 88.7 Å². The molecule has 0 radical (unpaired) electrons. The molecule has 0 spiro atoms. The zero-order valence-corrected chi connectivity index (χ0v) is 21.8. The summed E-state index contributed by atoms with van der Waals surface area (Å²) in [5.74, 6) is 0.266. The molecule has 2 amide bonds. The first-order chi connectivity index (χ1) is 15.7. The molecule has 3 N–H and O–H groups in total. The summed E-state index contributed by atoms with van der Waals surface area (Å²) in [4.78, 5) is 24.5. The zero-order chi connectivity index (χ0) is 24.0. The quantitative estimate of drug-likeness (QED) is 0.279. The minimum absolute atomic E-state index is 0.00712. The predicted molar refractivity (Wildman–Crippen MR) is 138 cm³/mol. The molecular formula is C23H21Br2N3O4S. The minimum Gasteiger partial charge on any atom is -0.490 e. The molecule has 0 aliphatic carbocycles. The molecule has 0 aromatic heterocycles. The van der Waals surface area contributed by atoms with Gasteiger partial charge in [-0.15, -0.1) is 0 Å². The highest BCUT2D eigenvalue weighted by molar-refractivity contribution is 9.11. The molecular weight excluding hydrogens is 574 g/mol. The fourth-order valence-corrected chi connectivity index (χ4v) is 4.05. The van der Waals surface area contributed by atoms with E-state index in [4.69, 9.17) is 21.7 Å². The molecule has 0 heterocycles. The molecule has 0 fully saturated rings. The van der Waals surface area contributed by atoms with E-state index in [1.807, 2.05) is 44.2 Å². The summed E-state index contributed by atoms with van der Waals surface area (Å²) < 4.78 is 12.6. The first-order valence-corrected chi connectivity index (χ1v) is 11.9. The largest absolute Gasteiger partial charge is 0.490 e. The normalized spacial score (nSPS) is 10.6. The van der Waals surface area contributed by atoms with Gasteiger partial charge in [0.15, 0.2) is 11.7 Å². The highest BCUT2D eigenvalue weighted by Crippen LogP contribution is 2.33. The summed E-state index contributed by atoms with van der Waals surface area (Å²) >= 11 is 12.0. The molecule has 0 unspecified atom stereocenters. The Morgan fingerprint density at radius 1 is 1.00 bits per heavy atom. The number of hydrazine groups is 1. The first-order valence-electron chi connectivity index (χ1n) is 9.91. The maximum absolute atomic E-state index is 12.4. The summed E-state index contributed by atoms with van der Waals surface area (Å²) in [6.07, 6.45) is 0.00712. The van der Waals surface area contributed by atoms with Crippen LogP contribution in [-0.4, -0.2) is 29.6 Å². The van der Waals surface area contributed by atoms with E-state index in [1.54, 1.807) is 24.3 Å². The Kier molecular flexibility index (Phi) is 8.65. The summed E-state index contributed by atoms with van der Waals surface area (Å²) in [6, 6.07) is 16.5. The van der Waals surface area contributed by atoms with Crippen LogP contribution in [-0.2, 0) is 4.79 Å². The standard InChI is InChI=1S/C23H21Br2N3O4S/c1-13(2)32-18-9-8-15(11-17(18)24)22(30)26-23(33)28-27-20(29)12-31-19-10-7-14-5-3-4-6-16(14)21(19)25/h3-11,13H,12H2,1-2H3,(H,27,29)(H2,26,28,30,33). The number of halogens is 2. The lowest BCUT2D eigenvalue weighted by Crippen LogP contribution is -2.49. The smallest absolute Gasteiger partial charge is 0.276 e. The number of thiocarbonyl (C=S) groups is 1. The van der Waals surface area contributed by atoms with Crippen LogP contribution >= 0.6 is 44.1 Å². The maximum Gasteiger partial charge on any atom is 0.276 e. The van der Waals surface area contributed by atoms with Crippen molar-refractivity contribution >= 4 is 71.8 Å². The van der Waals surface area contributed by atoms with Gasteiger partial charge in [0, 0.05) is 5.56 Å². The number of hydrogen-bond acceptors (Lipinski definition) is 5. The number of fused-ring (bicyclic) bond motifs is 1. The van der Waals surface area contributed by atoms with Crippen molar-refractivity contribution in [1.29, 1.82) is 0 Å². The van der Waals surface area contributed by atoms with Gasteiger partial charge in [0.1, 0.15) is 11.5 Å². The van der Waals surface area contributed by atoms with E-state index in [0.717, 1.165) is 15.2 Å². The molecule has 0 atom stereocenters. The van der Waals surface area contributed by atoms with E-state index in [1.165, 1.54) is 0 Å². The molecule has 0 saturated carbocycles. The highest BCUT2D eigenvalue weighted by atomic mass is 79.9. The van der Waals surface area contributed by atoms with Crippen molar-refractivity contribution in [3.63, 3.8) is 0 Å². The number of amides is 2. The average Bonchev–Trinajstić information content (AvgIpc) is 2.78. The van der Waals surface area contributed by atoms with Gasteiger partial charge in [0.2, 0.25) is 0 Å². The monoisotopic (exact) mass is 593 g/mol. The molecule has 0 aliphatic rings. The van der Waals surface area contributed by atoms with E-state index in [2.05, 4.69) is 48.0 Å². The molecule has 3 aromatic carbocycles. The summed E-state index contributed by atoms with van der Waals surface area (Å²) in [7, 11) is 0. The van der Waals surface area contributed by atoms with E-state index >= 15 is 0 Å². The highest BCUT2D eigenvalue weighted by Gasteiger charge is 2.13. The average molecular weight is 595 g/mol. The molecule has 0 aliphatic heterocycles. The predicted octanol–water partition coefficient (Wildman–Crippen LogP) is 4.87. The van der Waals surface area contributed by atoms with Gasteiger partial charge in [-0.3, -0.25) is 25.8 Å². The van der Waals surface area contributed by atoms with Crippen LogP contribution < -0.4 is 25.6 Å². The van der Waals surface area contributed by atoms with E-state index < -0.39 is 11.8 Å². The van der Waals surface area contributed by atoms with Gasteiger partial charge in [-0.05, 0) is 93.0 Å². The molecule has 3 rings (SSSR count). The second-order valence-electron chi connectivity index (χ2n) is 7.16. The Hall–Kier alpha value is -2.69. The molecule has 3 aromatic rings. The molecule has 0 saturated heterocycles. The van der Waals surface area contributed by atoms with Crippen molar-refractivity contribution in [3.05, 3.63) is 69.1 Å². The zero-order valence-electron chi connectivity index (χ0n) is 17.8. The van der Waals surface area contributed by atoms with Crippen molar-refractivity contribution in [2.24, 2.45) is 0 Å². The number of nitrogens with one attached hydrogen (secondary N) is 3. The number of carbonyl (C=O) groups is 2. The SMILES string of the molecule is CC(C)Oc1ccc(C(=O)NC(=S)NNC(=O)COc2ccc3ccccc3c2Br)cc1Br. The molecule has 0 bridgehead atoms. The molecule has 10 heteroatoms.